The van der Waals surface area contributed by atoms with Crippen LogP contribution in [-0.2, 0) is 0 Å². The van der Waals surface area contributed by atoms with Crippen LogP contribution in [0.2, 0.25) is 0 Å². The topological polar surface area (TPSA) is 53.0 Å². The molecular weight excluding hydrogens is 310 g/mol. The molecule has 1 N–H and O–H groups in total. The van der Waals surface area contributed by atoms with E-state index in [4.69, 9.17) is 17.0 Å². The van der Waals surface area contributed by atoms with E-state index in [1.807, 2.05) is 19.2 Å². The highest BCUT2D eigenvalue weighted by atomic mass is 32.1. The Hall–Kier alpha value is -2.15. The number of hydrogen-bond acceptors (Lipinski definition) is 5. The van der Waals surface area contributed by atoms with E-state index >= 15 is 0 Å². The second kappa shape index (κ2) is 6.95. The Bertz CT molecular complexity index is 637. The summed E-state index contributed by atoms with van der Waals surface area (Å²) in [6, 6.07) is 1.94. The van der Waals surface area contributed by atoms with Gasteiger partial charge in [-0.2, -0.15) is 5.10 Å². The maximum Gasteiger partial charge on any atom is 0.189 e. The molecule has 3 rings (SSSR count). The van der Waals surface area contributed by atoms with E-state index < -0.39 is 0 Å². The number of nitrogens with one attached hydrogen (secondary N) is 1. The molecule has 3 heterocycles. The second-order valence-corrected chi connectivity index (χ2v) is 5.97. The molecule has 7 heteroatoms. The van der Waals surface area contributed by atoms with Gasteiger partial charge in [0.05, 0.1) is 12.3 Å². The molecule has 122 valence electrons. The molecule has 1 aromatic rings. The summed E-state index contributed by atoms with van der Waals surface area (Å²) in [7, 11) is 0. The minimum Gasteiger partial charge on any atom is -0.491 e. The van der Waals surface area contributed by atoms with Crippen LogP contribution in [-0.4, -0.2) is 58.4 Å². The quantitative estimate of drug-likeness (QED) is 0.655. The molecule has 2 aliphatic rings. The van der Waals surface area contributed by atoms with Crippen LogP contribution in [0.5, 0.6) is 5.75 Å². The number of ether oxygens (including phenoxy) is 1. The largest absolute Gasteiger partial charge is 0.491 e. The highest BCUT2D eigenvalue weighted by molar-refractivity contribution is 7.80. The summed E-state index contributed by atoms with van der Waals surface area (Å²) in [6.45, 7) is 10.0. The van der Waals surface area contributed by atoms with Crippen LogP contribution in [0.3, 0.4) is 0 Å². The lowest BCUT2D eigenvalue weighted by molar-refractivity contribution is 0.236. The third kappa shape index (κ3) is 3.44. The van der Waals surface area contributed by atoms with Crippen LogP contribution in [0.15, 0.2) is 30.1 Å². The Morgan fingerprint density at radius 3 is 2.96 bits per heavy atom. The predicted octanol–water partition coefficient (Wildman–Crippen LogP) is 1.51. The van der Waals surface area contributed by atoms with Crippen molar-refractivity contribution in [3.8, 4) is 5.75 Å². The van der Waals surface area contributed by atoms with Gasteiger partial charge in [0.1, 0.15) is 11.4 Å². The van der Waals surface area contributed by atoms with Crippen molar-refractivity contribution in [1.82, 2.24) is 20.2 Å². The summed E-state index contributed by atoms with van der Waals surface area (Å²) in [5, 5.41) is 5.14. The van der Waals surface area contributed by atoms with E-state index in [2.05, 4.69) is 31.9 Å². The number of pyridine rings is 1. The van der Waals surface area contributed by atoms with E-state index in [9.17, 15) is 0 Å². The number of fused-ring (bicyclic) bond motifs is 1. The number of aromatic nitrogens is 1. The van der Waals surface area contributed by atoms with E-state index in [0.717, 1.165) is 55.3 Å². The highest BCUT2D eigenvalue weighted by Crippen LogP contribution is 2.26. The number of thiocarbonyl (C=S) groups is 1. The number of hydrogen-bond donors (Lipinski definition) is 1. The number of piperazine rings is 1. The highest BCUT2D eigenvalue weighted by Gasteiger charge is 2.21. The number of hydrazone groups is 1. The van der Waals surface area contributed by atoms with Gasteiger partial charge in [0.15, 0.2) is 5.11 Å². The lowest BCUT2D eigenvalue weighted by Gasteiger charge is -2.35. The molecule has 0 atom stereocenters. The molecule has 0 spiro atoms. The molecule has 0 amide bonds. The van der Waals surface area contributed by atoms with Gasteiger partial charge in [-0.25, -0.2) is 0 Å². The first-order valence-corrected chi connectivity index (χ1v) is 8.16. The SMILES string of the molecule is C=CN1CCN(C(=S)N/N=C2/CCOc3c(C)ccnc32)CC1. The molecule has 0 radical (unpaired) electrons. The molecule has 0 unspecified atom stereocenters. The first kappa shape index (κ1) is 15.7. The standard InChI is InChI=1S/C16H21N5OS/c1-3-20-7-9-21(10-8-20)16(23)19-18-13-5-11-22-15-12(2)4-6-17-14(13)15/h3-4,6H,1,5,7-11H2,2H3,(H,19,23)/b18-13-. The zero-order chi connectivity index (χ0) is 16.2. The average molecular weight is 331 g/mol. The molecule has 0 bridgehead atoms. The Balaban J connectivity index is 1.66. The van der Waals surface area contributed by atoms with Crippen LogP contribution in [0.4, 0.5) is 0 Å². The fourth-order valence-electron chi connectivity index (χ4n) is 2.70. The molecule has 0 aromatic carbocycles. The number of rotatable bonds is 2. The van der Waals surface area contributed by atoms with Gasteiger partial charge in [-0.3, -0.25) is 10.4 Å². The van der Waals surface area contributed by atoms with Crippen LogP contribution >= 0.6 is 12.2 Å². The summed E-state index contributed by atoms with van der Waals surface area (Å²) in [6.07, 6.45) is 4.38. The fourth-order valence-corrected chi connectivity index (χ4v) is 2.93. The predicted molar refractivity (Wildman–Crippen MR) is 94.7 cm³/mol. The summed E-state index contributed by atoms with van der Waals surface area (Å²) < 4.78 is 5.70. The molecule has 6 nitrogen and oxygen atoms in total. The Labute approximate surface area is 141 Å². The lowest BCUT2D eigenvalue weighted by atomic mass is 10.1. The number of aryl methyl sites for hydroxylation is 1. The van der Waals surface area contributed by atoms with Gasteiger partial charge < -0.3 is 14.5 Å². The van der Waals surface area contributed by atoms with Crippen LogP contribution in [0.25, 0.3) is 0 Å². The minimum atomic E-state index is 0.616. The summed E-state index contributed by atoms with van der Waals surface area (Å²) in [4.78, 5) is 8.72. The smallest absolute Gasteiger partial charge is 0.189 e. The summed E-state index contributed by atoms with van der Waals surface area (Å²) in [5.74, 6) is 0.824. The van der Waals surface area contributed by atoms with Crippen molar-refractivity contribution in [3.05, 3.63) is 36.3 Å². The van der Waals surface area contributed by atoms with Crippen molar-refractivity contribution in [3.63, 3.8) is 0 Å². The van der Waals surface area contributed by atoms with Crippen molar-refractivity contribution in [1.29, 1.82) is 0 Å². The third-order valence-electron chi connectivity index (χ3n) is 4.11. The third-order valence-corrected chi connectivity index (χ3v) is 4.46. The van der Waals surface area contributed by atoms with Crippen molar-refractivity contribution in [2.45, 2.75) is 13.3 Å². The Morgan fingerprint density at radius 2 is 2.22 bits per heavy atom. The monoisotopic (exact) mass is 331 g/mol. The molecule has 23 heavy (non-hydrogen) atoms. The normalized spacial score (nSPS) is 19.1. The first-order valence-electron chi connectivity index (χ1n) is 7.76. The van der Waals surface area contributed by atoms with Gasteiger partial charge in [-0.05, 0) is 37.0 Å². The Kier molecular flexibility index (Phi) is 4.76. The molecular formula is C16H21N5OS. The van der Waals surface area contributed by atoms with Crippen LogP contribution < -0.4 is 10.2 Å². The molecule has 1 aromatic heterocycles. The molecule has 0 saturated carbocycles. The minimum absolute atomic E-state index is 0.616. The van der Waals surface area contributed by atoms with E-state index in [-0.39, 0.29) is 0 Å². The van der Waals surface area contributed by atoms with Crippen molar-refractivity contribution >= 4 is 23.0 Å². The van der Waals surface area contributed by atoms with Crippen molar-refractivity contribution in [2.75, 3.05) is 32.8 Å². The number of nitrogens with zero attached hydrogens (tertiary/aromatic N) is 4. The van der Waals surface area contributed by atoms with E-state index in [1.54, 1.807) is 6.20 Å². The van der Waals surface area contributed by atoms with Crippen molar-refractivity contribution in [2.24, 2.45) is 5.10 Å². The van der Waals surface area contributed by atoms with Crippen LogP contribution in [0.1, 0.15) is 17.7 Å². The maximum absolute atomic E-state index is 5.70. The molecule has 2 aliphatic heterocycles. The molecule has 0 aliphatic carbocycles. The maximum atomic E-state index is 5.70. The van der Waals surface area contributed by atoms with Gasteiger partial charge in [-0.15, -0.1) is 0 Å². The Morgan fingerprint density at radius 1 is 1.43 bits per heavy atom. The average Bonchev–Trinajstić information content (AvgIpc) is 2.60. The van der Waals surface area contributed by atoms with Gasteiger partial charge in [0, 0.05) is 38.8 Å². The van der Waals surface area contributed by atoms with Gasteiger partial charge >= 0.3 is 0 Å². The fraction of sp³-hybridized carbons (Fsp3) is 0.438. The van der Waals surface area contributed by atoms with Crippen molar-refractivity contribution < 1.29 is 4.74 Å². The second-order valence-electron chi connectivity index (χ2n) is 5.59. The van der Waals surface area contributed by atoms with E-state index in [0.29, 0.717) is 11.7 Å². The summed E-state index contributed by atoms with van der Waals surface area (Å²) >= 11 is 5.45. The van der Waals surface area contributed by atoms with Crippen LogP contribution in [0, 0.1) is 6.92 Å². The van der Waals surface area contributed by atoms with Gasteiger partial charge in [0.25, 0.3) is 0 Å². The van der Waals surface area contributed by atoms with E-state index in [1.165, 1.54) is 0 Å². The zero-order valence-corrected chi connectivity index (χ0v) is 14.1. The summed E-state index contributed by atoms with van der Waals surface area (Å²) in [5.41, 5.74) is 5.79. The lowest BCUT2D eigenvalue weighted by Crippen LogP contribution is -2.49. The zero-order valence-electron chi connectivity index (χ0n) is 13.3. The molecule has 1 saturated heterocycles. The molecule has 1 fully saturated rings. The first-order chi connectivity index (χ1) is 11.2. The van der Waals surface area contributed by atoms with Gasteiger partial charge in [0.2, 0.25) is 0 Å². The van der Waals surface area contributed by atoms with Gasteiger partial charge in [-0.1, -0.05) is 6.58 Å².